The molecule has 0 aromatic carbocycles. The summed E-state index contributed by atoms with van der Waals surface area (Å²) in [5.74, 6) is 0. The molecular weight excluding hydrogens is 194 g/mol. The van der Waals surface area contributed by atoms with Gasteiger partial charge in [0.2, 0.25) is 0 Å². The summed E-state index contributed by atoms with van der Waals surface area (Å²) < 4.78 is 0. The molecule has 0 aliphatic rings. The van der Waals surface area contributed by atoms with Gasteiger partial charge in [0, 0.05) is 6.54 Å². The van der Waals surface area contributed by atoms with Crippen LogP contribution >= 0.6 is 12.2 Å². The molecule has 0 aromatic heterocycles. The van der Waals surface area contributed by atoms with Crippen LogP contribution in [0.5, 0.6) is 0 Å². The zero-order valence-corrected chi connectivity index (χ0v) is 8.17. The van der Waals surface area contributed by atoms with E-state index in [2.05, 4.69) is 10.2 Å². The molecule has 0 bridgehead atoms. The van der Waals surface area contributed by atoms with Gasteiger partial charge in [0.25, 0.3) is 5.09 Å². The molecular formula is C6H13N3O3S. The molecule has 13 heavy (non-hydrogen) atoms. The number of rotatable bonds is 6. The summed E-state index contributed by atoms with van der Waals surface area (Å²) in [7, 11) is 0. The minimum Gasteiger partial charge on any atom is -0.376 e. The normalized spacial score (nSPS) is 11.8. The molecule has 0 aliphatic heterocycles. The van der Waals surface area contributed by atoms with Gasteiger partial charge in [0.05, 0.1) is 11.0 Å². The predicted molar refractivity (Wildman–Crippen MR) is 51.8 cm³/mol. The Bertz CT molecular complexity index is 188. The van der Waals surface area contributed by atoms with Crippen LogP contribution in [0.2, 0.25) is 0 Å². The minimum atomic E-state index is -0.843. The van der Waals surface area contributed by atoms with Gasteiger partial charge in [-0.2, -0.15) is 0 Å². The van der Waals surface area contributed by atoms with E-state index < -0.39 is 5.09 Å². The quantitative estimate of drug-likeness (QED) is 0.272. The Hall–Kier alpha value is -0.950. The van der Waals surface area contributed by atoms with Crippen molar-refractivity contribution >= 4 is 17.2 Å². The fourth-order valence-electron chi connectivity index (χ4n) is 0.611. The van der Waals surface area contributed by atoms with Gasteiger partial charge < -0.3 is 15.9 Å². The first-order valence-electron chi connectivity index (χ1n) is 3.88. The van der Waals surface area contributed by atoms with Crippen molar-refractivity contribution in [1.82, 2.24) is 5.32 Å². The van der Waals surface area contributed by atoms with E-state index in [0.29, 0.717) is 11.5 Å². The van der Waals surface area contributed by atoms with Crippen molar-refractivity contribution < 1.29 is 9.92 Å². The second-order valence-electron chi connectivity index (χ2n) is 2.36. The highest BCUT2D eigenvalue weighted by Crippen LogP contribution is 1.87. The van der Waals surface area contributed by atoms with Crippen LogP contribution in [-0.4, -0.2) is 29.3 Å². The maximum absolute atomic E-state index is 9.73. The van der Waals surface area contributed by atoms with E-state index in [1.807, 2.05) is 6.92 Å². The van der Waals surface area contributed by atoms with Crippen molar-refractivity contribution in [2.45, 2.75) is 19.4 Å². The van der Waals surface area contributed by atoms with Crippen molar-refractivity contribution in [2.24, 2.45) is 5.73 Å². The molecule has 0 fully saturated rings. The van der Waals surface area contributed by atoms with Crippen LogP contribution in [0, 0.1) is 10.1 Å². The summed E-state index contributed by atoms with van der Waals surface area (Å²) in [6.07, 6.45) is 0.738. The number of nitrogens with zero attached hydrogens (tertiary/aromatic N) is 1. The van der Waals surface area contributed by atoms with E-state index in [9.17, 15) is 10.1 Å². The average molecular weight is 207 g/mol. The van der Waals surface area contributed by atoms with Crippen molar-refractivity contribution in [3.8, 4) is 0 Å². The first-order valence-corrected chi connectivity index (χ1v) is 4.29. The molecule has 0 amide bonds. The van der Waals surface area contributed by atoms with E-state index in [4.69, 9.17) is 18.0 Å². The number of nitrogens with two attached hydrogens (primary N) is 1. The van der Waals surface area contributed by atoms with Crippen LogP contribution in [0.3, 0.4) is 0 Å². The van der Waals surface area contributed by atoms with Gasteiger partial charge in [0.1, 0.15) is 6.61 Å². The lowest BCUT2D eigenvalue weighted by Crippen LogP contribution is -2.40. The van der Waals surface area contributed by atoms with Crippen molar-refractivity contribution in [3.05, 3.63) is 10.1 Å². The average Bonchev–Trinajstić information content (AvgIpc) is 2.10. The Morgan fingerprint density at radius 2 is 2.46 bits per heavy atom. The Kier molecular flexibility index (Phi) is 6.07. The van der Waals surface area contributed by atoms with Crippen LogP contribution in [0.4, 0.5) is 0 Å². The van der Waals surface area contributed by atoms with Gasteiger partial charge in [-0.3, -0.25) is 0 Å². The van der Waals surface area contributed by atoms with E-state index in [0.717, 1.165) is 6.42 Å². The molecule has 0 radical (unpaired) electrons. The maximum atomic E-state index is 9.73. The number of nitrogens with one attached hydrogen (secondary N) is 1. The van der Waals surface area contributed by atoms with Crippen LogP contribution in [-0.2, 0) is 4.84 Å². The molecule has 0 aliphatic carbocycles. The molecule has 1 atom stereocenters. The van der Waals surface area contributed by atoms with Crippen LogP contribution in [0.15, 0.2) is 0 Å². The first-order chi connectivity index (χ1) is 6.07. The zero-order valence-electron chi connectivity index (χ0n) is 7.36. The second kappa shape index (κ2) is 6.55. The maximum Gasteiger partial charge on any atom is 0.294 e. The number of thiocarbonyl (C=S) groups is 1. The molecule has 7 heteroatoms. The lowest BCUT2D eigenvalue weighted by Gasteiger charge is -2.12. The summed E-state index contributed by atoms with van der Waals surface area (Å²) in [6, 6.07) is -0.189. The summed E-state index contributed by atoms with van der Waals surface area (Å²) >= 11 is 4.89. The van der Waals surface area contributed by atoms with Gasteiger partial charge in [-0.15, -0.1) is 10.1 Å². The fraction of sp³-hybridized carbons (Fsp3) is 0.833. The summed E-state index contributed by atoms with van der Waals surface area (Å²) in [5, 5.41) is 11.7. The molecule has 6 nitrogen and oxygen atoms in total. The van der Waals surface area contributed by atoms with E-state index in [1.165, 1.54) is 0 Å². The van der Waals surface area contributed by atoms with Crippen LogP contribution < -0.4 is 11.1 Å². The largest absolute Gasteiger partial charge is 0.376 e. The molecule has 76 valence electrons. The number of hydrogen-bond donors (Lipinski definition) is 2. The lowest BCUT2D eigenvalue weighted by atomic mass is 10.2. The number of hydrogen-bond acceptors (Lipinski definition) is 5. The summed E-state index contributed by atoms with van der Waals surface area (Å²) in [5.41, 5.74) is 5.58. The van der Waals surface area contributed by atoms with Crippen molar-refractivity contribution in [3.63, 3.8) is 0 Å². The van der Waals surface area contributed by atoms with Gasteiger partial charge in [-0.1, -0.05) is 19.1 Å². The molecule has 0 spiro atoms. The summed E-state index contributed by atoms with van der Waals surface area (Å²) in [4.78, 5) is 14.3. The highest BCUT2D eigenvalue weighted by Gasteiger charge is 2.05. The van der Waals surface area contributed by atoms with Crippen molar-refractivity contribution in [2.75, 3.05) is 13.2 Å². The van der Waals surface area contributed by atoms with E-state index >= 15 is 0 Å². The minimum absolute atomic E-state index is 0.0242. The third kappa shape index (κ3) is 6.23. The third-order valence-corrected chi connectivity index (χ3v) is 1.82. The SMILES string of the molecule is CCC(N)C(=S)NCCO[N+](=O)[O-]. The van der Waals surface area contributed by atoms with Gasteiger partial charge in [0.15, 0.2) is 0 Å². The highest BCUT2D eigenvalue weighted by molar-refractivity contribution is 7.80. The van der Waals surface area contributed by atoms with Gasteiger partial charge in [-0.25, -0.2) is 0 Å². The molecule has 0 saturated carbocycles. The second-order valence-corrected chi connectivity index (χ2v) is 2.80. The Balaban J connectivity index is 3.42. The third-order valence-electron chi connectivity index (χ3n) is 1.37. The standard InChI is InChI=1S/C6H13N3O3S/c1-2-5(7)6(13)8-3-4-12-9(10)11/h5H,2-4,7H2,1H3,(H,8,13). The molecule has 0 aromatic rings. The highest BCUT2D eigenvalue weighted by atomic mass is 32.1. The van der Waals surface area contributed by atoms with E-state index in [-0.39, 0.29) is 12.6 Å². The first kappa shape index (κ1) is 12.0. The monoisotopic (exact) mass is 207 g/mol. The Morgan fingerprint density at radius 3 is 2.92 bits per heavy atom. The van der Waals surface area contributed by atoms with Crippen molar-refractivity contribution in [1.29, 1.82) is 0 Å². The Morgan fingerprint density at radius 1 is 1.85 bits per heavy atom. The molecule has 0 heterocycles. The fourth-order valence-corrected chi connectivity index (χ4v) is 0.880. The molecule has 3 N–H and O–H groups in total. The lowest BCUT2D eigenvalue weighted by molar-refractivity contribution is -0.757. The molecule has 0 saturated heterocycles. The van der Waals surface area contributed by atoms with Crippen LogP contribution in [0.25, 0.3) is 0 Å². The topological polar surface area (TPSA) is 90.4 Å². The van der Waals surface area contributed by atoms with Crippen LogP contribution in [0.1, 0.15) is 13.3 Å². The van der Waals surface area contributed by atoms with Gasteiger partial charge in [-0.05, 0) is 6.42 Å². The molecule has 0 rings (SSSR count). The van der Waals surface area contributed by atoms with E-state index in [1.54, 1.807) is 0 Å². The predicted octanol–water partition coefficient (Wildman–Crippen LogP) is -0.151. The van der Waals surface area contributed by atoms with Gasteiger partial charge >= 0.3 is 0 Å². The Labute approximate surface area is 81.5 Å². The molecule has 1 unspecified atom stereocenters. The summed E-state index contributed by atoms with van der Waals surface area (Å²) in [6.45, 7) is 2.18. The zero-order chi connectivity index (χ0) is 10.3. The smallest absolute Gasteiger partial charge is 0.294 e.